The summed E-state index contributed by atoms with van der Waals surface area (Å²) in [5.74, 6) is 0.947. The van der Waals surface area contributed by atoms with Gasteiger partial charge in [-0.15, -0.1) is 0 Å². The highest BCUT2D eigenvalue weighted by Crippen LogP contribution is 2.29. The first-order valence-electron chi connectivity index (χ1n) is 11.0. The van der Waals surface area contributed by atoms with Gasteiger partial charge in [-0.1, -0.05) is 49.9 Å². The molecule has 0 spiro atoms. The predicted molar refractivity (Wildman–Crippen MR) is 117 cm³/mol. The van der Waals surface area contributed by atoms with Gasteiger partial charge in [0.25, 0.3) is 0 Å². The van der Waals surface area contributed by atoms with Gasteiger partial charge in [0.2, 0.25) is 5.91 Å². The van der Waals surface area contributed by atoms with Gasteiger partial charge < -0.3 is 15.1 Å². The number of aromatic nitrogens is 1. The van der Waals surface area contributed by atoms with E-state index in [1.165, 1.54) is 25.7 Å². The van der Waals surface area contributed by atoms with Crippen LogP contribution in [-0.2, 0) is 11.3 Å². The molecule has 0 radical (unpaired) electrons. The van der Waals surface area contributed by atoms with Crippen molar-refractivity contribution in [1.29, 1.82) is 0 Å². The Morgan fingerprint density at radius 1 is 1.03 bits per heavy atom. The van der Waals surface area contributed by atoms with E-state index in [9.17, 15) is 9.59 Å². The maximum Gasteiger partial charge on any atom is 0.322 e. The molecular formula is C24H30N4O2. The third-order valence-electron chi connectivity index (χ3n) is 6.24. The quantitative estimate of drug-likeness (QED) is 0.746. The molecule has 1 aliphatic carbocycles. The summed E-state index contributed by atoms with van der Waals surface area (Å²) in [6, 6.07) is 15.0. The number of urea groups is 1. The lowest BCUT2D eigenvalue weighted by molar-refractivity contribution is -0.138. The van der Waals surface area contributed by atoms with Crippen molar-refractivity contribution >= 4 is 17.6 Å². The standard InChI is InChI=1S/C24H30N4O2/c29-23(14-13-19-8-4-5-9-19)27-17-22(18-27)28(16-21-12-6-7-15-25-21)24(30)26-20-10-2-1-3-11-20/h1-3,6-7,10-12,15,19,22H,4-5,8-9,13-14,16-18H2,(H,26,30). The number of pyridine rings is 1. The Morgan fingerprint density at radius 2 is 1.77 bits per heavy atom. The monoisotopic (exact) mass is 406 g/mol. The second-order valence-electron chi connectivity index (χ2n) is 8.39. The average molecular weight is 407 g/mol. The molecule has 2 aromatic rings. The second-order valence-corrected chi connectivity index (χ2v) is 8.39. The molecule has 158 valence electrons. The van der Waals surface area contributed by atoms with E-state index >= 15 is 0 Å². The molecule has 2 aliphatic rings. The molecule has 30 heavy (non-hydrogen) atoms. The lowest BCUT2D eigenvalue weighted by Gasteiger charge is -2.45. The van der Waals surface area contributed by atoms with Crippen LogP contribution in [0.15, 0.2) is 54.7 Å². The first kappa shape index (κ1) is 20.4. The van der Waals surface area contributed by atoms with E-state index in [2.05, 4.69) is 10.3 Å². The fourth-order valence-corrected chi connectivity index (χ4v) is 4.39. The number of amides is 3. The molecule has 4 rings (SSSR count). The van der Waals surface area contributed by atoms with E-state index in [1.807, 2.05) is 53.4 Å². The van der Waals surface area contributed by atoms with Gasteiger partial charge in [0, 0.05) is 31.4 Å². The van der Waals surface area contributed by atoms with Gasteiger partial charge in [-0.25, -0.2) is 4.79 Å². The van der Waals surface area contributed by atoms with Crippen molar-refractivity contribution in [1.82, 2.24) is 14.8 Å². The number of carbonyl (C=O) groups is 2. The minimum Gasteiger partial charge on any atom is -0.338 e. The Hall–Kier alpha value is -2.89. The Balaban J connectivity index is 1.35. The number of anilines is 1. The van der Waals surface area contributed by atoms with Crippen LogP contribution in [0.5, 0.6) is 0 Å². The lowest BCUT2D eigenvalue weighted by atomic mass is 9.99. The number of likely N-dealkylation sites (tertiary alicyclic amines) is 1. The molecule has 3 amide bonds. The average Bonchev–Trinajstić information content (AvgIpc) is 3.25. The molecule has 2 heterocycles. The van der Waals surface area contributed by atoms with Crippen molar-refractivity contribution in [3.05, 3.63) is 60.4 Å². The van der Waals surface area contributed by atoms with Gasteiger partial charge >= 0.3 is 6.03 Å². The minimum absolute atomic E-state index is 0.00569. The Bertz CT molecular complexity index is 831. The van der Waals surface area contributed by atoms with Crippen molar-refractivity contribution in [3.8, 4) is 0 Å². The Kier molecular flexibility index (Phi) is 6.62. The molecule has 1 saturated carbocycles. The second kappa shape index (κ2) is 9.74. The van der Waals surface area contributed by atoms with Crippen LogP contribution in [-0.4, -0.2) is 45.9 Å². The number of nitrogens with one attached hydrogen (secondary N) is 1. The van der Waals surface area contributed by atoms with Crippen LogP contribution < -0.4 is 5.32 Å². The number of hydrogen-bond acceptors (Lipinski definition) is 3. The first-order valence-corrected chi connectivity index (χ1v) is 11.0. The number of nitrogens with zero attached hydrogens (tertiary/aromatic N) is 3. The Morgan fingerprint density at radius 3 is 2.47 bits per heavy atom. The SMILES string of the molecule is O=C(CCC1CCCC1)N1CC(N(Cc2ccccn2)C(=O)Nc2ccccc2)C1. The molecule has 0 atom stereocenters. The van der Waals surface area contributed by atoms with Crippen LogP contribution in [0.4, 0.5) is 10.5 Å². The molecular weight excluding hydrogens is 376 g/mol. The van der Waals surface area contributed by atoms with Crippen molar-refractivity contribution < 1.29 is 9.59 Å². The maximum atomic E-state index is 13.0. The molecule has 1 aromatic heterocycles. The number of rotatable bonds is 7. The molecule has 1 N–H and O–H groups in total. The van der Waals surface area contributed by atoms with E-state index in [1.54, 1.807) is 11.1 Å². The molecule has 1 aromatic carbocycles. The zero-order valence-corrected chi connectivity index (χ0v) is 17.4. The molecule has 6 heteroatoms. The van der Waals surface area contributed by atoms with Gasteiger partial charge in [0.05, 0.1) is 18.3 Å². The van der Waals surface area contributed by atoms with E-state index < -0.39 is 0 Å². The van der Waals surface area contributed by atoms with Gasteiger partial charge in [-0.05, 0) is 36.6 Å². The lowest BCUT2D eigenvalue weighted by Crippen LogP contribution is -2.62. The Labute approximate surface area is 178 Å². The minimum atomic E-state index is -0.157. The highest BCUT2D eigenvalue weighted by atomic mass is 16.2. The highest BCUT2D eigenvalue weighted by molar-refractivity contribution is 5.89. The molecule has 0 unspecified atom stereocenters. The van der Waals surface area contributed by atoms with Crippen LogP contribution in [0.25, 0.3) is 0 Å². The molecule has 1 saturated heterocycles. The van der Waals surface area contributed by atoms with E-state index in [-0.39, 0.29) is 18.0 Å². The number of hydrogen-bond donors (Lipinski definition) is 1. The third kappa shape index (κ3) is 5.17. The summed E-state index contributed by atoms with van der Waals surface area (Å²) < 4.78 is 0. The number of benzene rings is 1. The van der Waals surface area contributed by atoms with Crippen molar-refractivity contribution in [2.24, 2.45) is 5.92 Å². The topological polar surface area (TPSA) is 65.5 Å². The summed E-state index contributed by atoms with van der Waals surface area (Å²) >= 11 is 0. The van der Waals surface area contributed by atoms with Crippen LogP contribution in [0, 0.1) is 5.92 Å². The largest absolute Gasteiger partial charge is 0.338 e. The van der Waals surface area contributed by atoms with Gasteiger partial charge in [-0.2, -0.15) is 0 Å². The summed E-state index contributed by atoms with van der Waals surface area (Å²) in [6.45, 7) is 1.62. The number of para-hydroxylation sites is 1. The third-order valence-corrected chi connectivity index (χ3v) is 6.24. The predicted octanol–water partition coefficient (Wildman–Crippen LogP) is 4.30. The van der Waals surface area contributed by atoms with E-state index in [0.29, 0.717) is 26.1 Å². The molecule has 6 nitrogen and oxygen atoms in total. The van der Waals surface area contributed by atoms with Crippen LogP contribution in [0.1, 0.15) is 44.2 Å². The molecule has 1 aliphatic heterocycles. The molecule has 0 bridgehead atoms. The van der Waals surface area contributed by atoms with Gasteiger partial charge in [0.15, 0.2) is 0 Å². The van der Waals surface area contributed by atoms with Crippen molar-refractivity contribution in [2.45, 2.75) is 51.1 Å². The summed E-state index contributed by atoms with van der Waals surface area (Å²) in [4.78, 5) is 33.6. The highest BCUT2D eigenvalue weighted by Gasteiger charge is 2.37. The summed E-state index contributed by atoms with van der Waals surface area (Å²) in [7, 11) is 0. The van der Waals surface area contributed by atoms with E-state index in [0.717, 1.165) is 23.7 Å². The van der Waals surface area contributed by atoms with E-state index in [4.69, 9.17) is 0 Å². The van der Waals surface area contributed by atoms with Crippen molar-refractivity contribution in [2.75, 3.05) is 18.4 Å². The molecule has 2 fully saturated rings. The summed E-state index contributed by atoms with van der Waals surface area (Å²) in [6.07, 6.45) is 8.54. The van der Waals surface area contributed by atoms with Crippen LogP contribution in [0.2, 0.25) is 0 Å². The fraction of sp³-hybridized carbons (Fsp3) is 0.458. The van der Waals surface area contributed by atoms with Crippen molar-refractivity contribution in [3.63, 3.8) is 0 Å². The van der Waals surface area contributed by atoms with Crippen LogP contribution >= 0.6 is 0 Å². The fourth-order valence-electron chi connectivity index (χ4n) is 4.39. The van der Waals surface area contributed by atoms with Gasteiger partial charge in [-0.3, -0.25) is 9.78 Å². The normalized spacial score (nSPS) is 16.9. The summed E-state index contributed by atoms with van der Waals surface area (Å²) in [5, 5.41) is 2.97. The first-order chi connectivity index (χ1) is 14.7. The van der Waals surface area contributed by atoms with Gasteiger partial charge in [0.1, 0.15) is 0 Å². The van der Waals surface area contributed by atoms with Crippen LogP contribution in [0.3, 0.4) is 0 Å². The number of carbonyl (C=O) groups excluding carboxylic acids is 2. The smallest absolute Gasteiger partial charge is 0.322 e. The summed E-state index contributed by atoms with van der Waals surface area (Å²) in [5.41, 5.74) is 1.60. The maximum absolute atomic E-state index is 13.0. The zero-order chi connectivity index (χ0) is 20.8. The zero-order valence-electron chi connectivity index (χ0n) is 17.4.